The number of aryl methyl sites for hydroxylation is 1. The van der Waals surface area contributed by atoms with Crippen molar-refractivity contribution >= 4 is 33.5 Å². The van der Waals surface area contributed by atoms with E-state index in [-0.39, 0.29) is 17.9 Å². The molecule has 4 nitrogen and oxygen atoms in total. The lowest BCUT2D eigenvalue weighted by Gasteiger charge is -2.09. The van der Waals surface area contributed by atoms with Crippen molar-refractivity contribution in [3.05, 3.63) is 63.6 Å². The molecule has 0 aromatic heterocycles. The molecule has 1 amide bonds. The summed E-state index contributed by atoms with van der Waals surface area (Å²) in [5.41, 5.74) is 2.39. The second-order valence-corrected chi connectivity index (χ2v) is 5.60. The smallest absolute Gasteiger partial charge is 0.335 e. The predicted molar refractivity (Wildman–Crippen MR) is 84.6 cm³/mol. The molecule has 2 aromatic carbocycles. The first-order chi connectivity index (χ1) is 9.95. The number of halogens is 1. The monoisotopic (exact) mass is 347 g/mol. The summed E-state index contributed by atoms with van der Waals surface area (Å²) in [5.74, 6) is -1.19. The number of rotatable bonds is 4. The van der Waals surface area contributed by atoms with Crippen molar-refractivity contribution in [2.75, 3.05) is 5.32 Å². The number of anilines is 1. The highest BCUT2D eigenvalue weighted by atomic mass is 79.9. The Morgan fingerprint density at radius 3 is 2.43 bits per heavy atom. The maximum absolute atomic E-state index is 12.0. The van der Waals surface area contributed by atoms with Gasteiger partial charge in [0.15, 0.2) is 0 Å². The molecule has 108 valence electrons. The molecule has 0 bridgehead atoms. The SMILES string of the molecule is Cc1ccc(C(=O)O)cc1NC(=O)Cc1ccc(Br)cc1. The molecule has 5 heteroatoms. The van der Waals surface area contributed by atoms with Gasteiger partial charge in [-0.1, -0.05) is 34.1 Å². The van der Waals surface area contributed by atoms with Crippen LogP contribution in [0.4, 0.5) is 5.69 Å². The van der Waals surface area contributed by atoms with Crippen LogP contribution in [0.2, 0.25) is 0 Å². The molecule has 2 N–H and O–H groups in total. The number of carboxylic acid groups (broad SMARTS) is 1. The lowest BCUT2D eigenvalue weighted by atomic mass is 10.1. The molecule has 2 rings (SSSR count). The van der Waals surface area contributed by atoms with E-state index in [1.54, 1.807) is 6.07 Å². The minimum absolute atomic E-state index is 0.152. The molecule has 0 atom stereocenters. The van der Waals surface area contributed by atoms with Crippen molar-refractivity contribution in [3.63, 3.8) is 0 Å². The normalized spacial score (nSPS) is 10.2. The van der Waals surface area contributed by atoms with E-state index in [9.17, 15) is 9.59 Å². The first-order valence-corrected chi connectivity index (χ1v) is 7.13. The predicted octanol–water partition coefficient (Wildman–Crippen LogP) is 3.64. The third-order valence-corrected chi connectivity index (χ3v) is 3.57. The van der Waals surface area contributed by atoms with E-state index in [0.717, 1.165) is 15.6 Å². The lowest BCUT2D eigenvalue weighted by molar-refractivity contribution is -0.115. The molecule has 0 unspecified atom stereocenters. The summed E-state index contributed by atoms with van der Waals surface area (Å²) in [7, 11) is 0. The van der Waals surface area contributed by atoms with Gasteiger partial charge < -0.3 is 10.4 Å². The lowest BCUT2D eigenvalue weighted by Crippen LogP contribution is -2.15. The van der Waals surface area contributed by atoms with Crippen LogP contribution in [0.25, 0.3) is 0 Å². The zero-order chi connectivity index (χ0) is 15.4. The Kier molecular flexibility index (Phi) is 4.75. The van der Waals surface area contributed by atoms with Gasteiger partial charge in [-0.2, -0.15) is 0 Å². The summed E-state index contributed by atoms with van der Waals surface area (Å²) in [5, 5.41) is 11.7. The van der Waals surface area contributed by atoms with Crippen LogP contribution in [0.5, 0.6) is 0 Å². The van der Waals surface area contributed by atoms with Gasteiger partial charge in [-0.05, 0) is 42.3 Å². The van der Waals surface area contributed by atoms with Gasteiger partial charge in [0.1, 0.15) is 0 Å². The van der Waals surface area contributed by atoms with E-state index in [0.29, 0.717) is 5.69 Å². The first-order valence-electron chi connectivity index (χ1n) is 6.34. The highest BCUT2D eigenvalue weighted by Crippen LogP contribution is 2.18. The van der Waals surface area contributed by atoms with Gasteiger partial charge in [-0.15, -0.1) is 0 Å². The van der Waals surface area contributed by atoms with Crippen LogP contribution in [0.3, 0.4) is 0 Å². The molecule has 0 aliphatic heterocycles. The minimum atomic E-state index is -1.02. The number of hydrogen-bond donors (Lipinski definition) is 2. The molecule has 0 fully saturated rings. The highest BCUT2D eigenvalue weighted by molar-refractivity contribution is 9.10. The molecule has 0 spiro atoms. The Morgan fingerprint density at radius 2 is 1.81 bits per heavy atom. The van der Waals surface area contributed by atoms with Crippen LogP contribution in [-0.4, -0.2) is 17.0 Å². The van der Waals surface area contributed by atoms with Gasteiger partial charge in [-0.25, -0.2) is 4.79 Å². The minimum Gasteiger partial charge on any atom is -0.478 e. The van der Waals surface area contributed by atoms with E-state index in [1.807, 2.05) is 31.2 Å². The van der Waals surface area contributed by atoms with E-state index >= 15 is 0 Å². The molecular weight excluding hydrogens is 334 g/mol. The Hall–Kier alpha value is -2.14. The number of benzene rings is 2. The highest BCUT2D eigenvalue weighted by Gasteiger charge is 2.09. The number of carbonyl (C=O) groups is 2. The van der Waals surface area contributed by atoms with Crippen LogP contribution in [0.1, 0.15) is 21.5 Å². The average Bonchev–Trinajstić information content (AvgIpc) is 2.43. The van der Waals surface area contributed by atoms with Crippen LogP contribution >= 0.6 is 15.9 Å². The van der Waals surface area contributed by atoms with Gasteiger partial charge in [0.25, 0.3) is 0 Å². The van der Waals surface area contributed by atoms with Gasteiger partial charge in [0, 0.05) is 10.2 Å². The standard InChI is InChI=1S/C16H14BrNO3/c1-10-2-5-12(16(20)21)9-14(10)18-15(19)8-11-3-6-13(17)7-4-11/h2-7,9H,8H2,1H3,(H,18,19)(H,20,21). The molecule has 0 radical (unpaired) electrons. The quantitative estimate of drug-likeness (QED) is 0.887. The number of carboxylic acids is 1. The van der Waals surface area contributed by atoms with Gasteiger partial charge >= 0.3 is 5.97 Å². The van der Waals surface area contributed by atoms with Crippen molar-refractivity contribution < 1.29 is 14.7 Å². The van der Waals surface area contributed by atoms with Crippen molar-refractivity contribution in [2.45, 2.75) is 13.3 Å². The molecule has 2 aromatic rings. The van der Waals surface area contributed by atoms with Gasteiger partial charge in [0.05, 0.1) is 12.0 Å². The summed E-state index contributed by atoms with van der Waals surface area (Å²) in [6.45, 7) is 1.82. The largest absolute Gasteiger partial charge is 0.478 e. The van der Waals surface area contributed by atoms with Gasteiger partial charge in [-0.3, -0.25) is 4.79 Å². The first kappa shape index (κ1) is 15.3. The Bertz CT molecular complexity index is 680. The van der Waals surface area contributed by atoms with Crippen molar-refractivity contribution in [1.82, 2.24) is 0 Å². The van der Waals surface area contributed by atoms with E-state index in [1.165, 1.54) is 12.1 Å². The topological polar surface area (TPSA) is 66.4 Å². The summed E-state index contributed by atoms with van der Waals surface area (Å²) in [4.78, 5) is 23.0. The zero-order valence-corrected chi connectivity index (χ0v) is 13.0. The fourth-order valence-electron chi connectivity index (χ4n) is 1.87. The van der Waals surface area contributed by atoms with Crippen LogP contribution in [-0.2, 0) is 11.2 Å². The number of carbonyl (C=O) groups excluding carboxylic acids is 1. The van der Waals surface area contributed by atoms with Crippen molar-refractivity contribution in [3.8, 4) is 0 Å². The maximum atomic E-state index is 12.0. The summed E-state index contributed by atoms with van der Waals surface area (Å²) < 4.78 is 0.955. The molecule has 0 aliphatic carbocycles. The van der Waals surface area contributed by atoms with E-state index < -0.39 is 5.97 Å². The Balaban J connectivity index is 2.10. The van der Waals surface area contributed by atoms with Crippen molar-refractivity contribution in [1.29, 1.82) is 0 Å². The maximum Gasteiger partial charge on any atom is 0.335 e. The van der Waals surface area contributed by atoms with Crippen LogP contribution in [0, 0.1) is 6.92 Å². The fraction of sp³-hybridized carbons (Fsp3) is 0.125. The molecule has 0 aliphatic rings. The third-order valence-electron chi connectivity index (χ3n) is 3.04. The molecule has 0 saturated carbocycles. The number of nitrogens with one attached hydrogen (secondary N) is 1. The number of aromatic carboxylic acids is 1. The fourth-order valence-corrected chi connectivity index (χ4v) is 2.14. The number of hydrogen-bond acceptors (Lipinski definition) is 2. The molecule has 21 heavy (non-hydrogen) atoms. The second kappa shape index (κ2) is 6.54. The van der Waals surface area contributed by atoms with E-state index in [2.05, 4.69) is 21.2 Å². The summed E-state index contributed by atoms with van der Waals surface area (Å²) >= 11 is 3.34. The zero-order valence-electron chi connectivity index (χ0n) is 11.4. The molecular formula is C16H14BrNO3. The van der Waals surface area contributed by atoms with Gasteiger partial charge in [0.2, 0.25) is 5.91 Å². The summed E-state index contributed by atoms with van der Waals surface area (Å²) in [6.07, 6.45) is 0.240. The van der Waals surface area contributed by atoms with Crippen LogP contribution < -0.4 is 5.32 Å². The third kappa shape index (κ3) is 4.16. The summed E-state index contributed by atoms with van der Waals surface area (Å²) in [6, 6.07) is 12.1. The second-order valence-electron chi connectivity index (χ2n) is 4.69. The van der Waals surface area contributed by atoms with Crippen LogP contribution in [0.15, 0.2) is 46.9 Å². The van der Waals surface area contributed by atoms with Crippen molar-refractivity contribution in [2.24, 2.45) is 0 Å². The average molecular weight is 348 g/mol. The Morgan fingerprint density at radius 1 is 1.14 bits per heavy atom. The molecule has 0 saturated heterocycles. The Labute approximate surface area is 130 Å². The molecule has 0 heterocycles. The number of amides is 1. The van der Waals surface area contributed by atoms with E-state index in [4.69, 9.17) is 5.11 Å².